The summed E-state index contributed by atoms with van der Waals surface area (Å²) in [6.45, 7) is 1.78. The van der Waals surface area contributed by atoms with Gasteiger partial charge in [0.05, 0.1) is 11.2 Å². The Hall–Kier alpha value is -2.79. The Morgan fingerprint density at radius 2 is 1.87 bits per heavy atom. The molecule has 0 aliphatic carbocycles. The first-order chi connectivity index (χ1) is 14.3. The first kappa shape index (κ1) is 19.2. The molecule has 0 radical (unpaired) electrons. The van der Waals surface area contributed by atoms with Crippen molar-refractivity contribution in [1.82, 2.24) is 30.7 Å². The number of rotatable bonds is 3. The predicted molar refractivity (Wildman–Crippen MR) is 104 cm³/mol. The minimum absolute atomic E-state index is 0.186. The van der Waals surface area contributed by atoms with Gasteiger partial charge in [-0.25, -0.2) is 9.94 Å². The summed E-state index contributed by atoms with van der Waals surface area (Å²) in [5.74, 6) is 0.136. The van der Waals surface area contributed by atoms with E-state index in [-0.39, 0.29) is 11.4 Å². The van der Waals surface area contributed by atoms with E-state index in [2.05, 4.69) is 26.1 Å². The molecule has 0 spiro atoms. The molecule has 3 atom stereocenters. The van der Waals surface area contributed by atoms with Crippen LogP contribution in [0.1, 0.15) is 23.3 Å². The highest BCUT2D eigenvalue weighted by molar-refractivity contribution is 5.95. The largest absolute Gasteiger partial charge is 0.411 e. The zero-order valence-corrected chi connectivity index (χ0v) is 16.3. The summed E-state index contributed by atoms with van der Waals surface area (Å²) in [6, 6.07) is 5.88. The number of carbonyl (C=O) groups excluding carboxylic acids is 1. The quantitative estimate of drug-likeness (QED) is 0.692. The molecular formula is C19H22F3N7O. The summed E-state index contributed by atoms with van der Waals surface area (Å²) >= 11 is 0. The van der Waals surface area contributed by atoms with Gasteiger partial charge in [0.25, 0.3) is 5.91 Å². The van der Waals surface area contributed by atoms with Crippen LogP contribution in [0.25, 0.3) is 5.52 Å². The van der Waals surface area contributed by atoms with Gasteiger partial charge in [-0.3, -0.25) is 4.79 Å². The van der Waals surface area contributed by atoms with Crippen LogP contribution in [0.15, 0.2) is 36.2 Å². The Morgan fingerprint density at radius 3 is 2.57 bits per heavy atom. The minimum atomic E-state index is -4.53. The van der Waals surface area contributed by atoms with Crippen LogP contribution < -0.4 is 21.0 Å². The van der Waals surface area contributed by atoms with E-state index in [0.29, 0.717) is 17.6 Å². The van der Waals surface area contributed by atoms with Crippen LogP contribution >= 0.6 is 0 Å². The van der Waals surface area contributed by atoms with Crippen molar-refractivity contribution >= 4 is 17.2 Å². The summed E-state index contributed by atoms with van der Waals surface area (Å²) < 4.78 is 41.3. The molecule has 3 aliphatic rings. The van der Waals surface area contributed by atoms with Crippen molar-refractivity contribution < 1.29 is 18.0 Å². The van der Waals surface area contributed by atoms with Crippen LogP contribution in [0.2, 0.25) is 0 Å². The normalized spacial score (nSPS) is 26.4. The molecule has 5 rings (SSSR count). The number of alkyl halides is 3. The van der Waals surface area contributed by atoms with E-state index in [0.717, 1.165) is 31.7 Å². The molecule has 2 aromatic rings. The number of anilines is 1. The average molecular weight is 421 g/mol. The second-order valence-corrected chi connectivity index (χ2v) is 7.95. The van der Waals surface area contributed by atoms with Gasteiger partial charge in [-0.2, -0.15) is 13.2 Å². The van der Waals surface area contributed by atoms with Crippen LogP contribution in [0, 0.1) is 0 Å². The number of piperazine rings is 1. The molecule has 30 heavy (non-hydrogen) atoms. The topological polar surface area (TPSA) is 76.9 Å². The zero-order chi connectivity index (χ0) is 21.0. The molecule has 0 saturated carbocycles. The van der Waals surface area contributed by atoms with Crippen molar-refractivity contribution in [2.45, 2.75) is 37.1 Å². The van der Waals surface area contributed by atoms with Gasteiger partial charge in [0.1, 0.15) is 11.5 Å². The van der Waals surface area contributed by atoms with Crippen LogP contribution in [-0.4, -0.2) is 65.0 Å². The SMILES string of the molecule is CN1C=C(NC(=O)c2ccc3ccc(N4C5CCC4CNC5)nn23)C(C(F)(F)F)N1. The second-order valence-electron chi connectivity index (χ2n) is 7.95. The van der Waals surface area contributed by atoms with E-state index >= 15 is 0 Å². The molecular weight excluding hydrogens is 399 g/mol. The molecule has 2 aromatic heterocycles. The first-order valence-electron chi connectivity index (χ1n) is 9.88. The molecule has 3 N–H and O–H groups in total. The lowest BCUT2D eigenvalue weighted by Gasteiger charge is -2.36. The Labute approximate surface area is 170 Å². The minimum Gasteiger partial charge on any atom is -0.347 e. The fraction of sp³-hybridized carbons (Fsp3) is 0.474. The molecule has 2 fully saturated rings. The maximum absolute atomic E-state index is 13.3. The van der Waals surface area contributed by atoms with Gasteiger partial charge in [0, 0.05) is 38.4 Å². The molecule has 1 amide bonds. The van der Waals surface area contributed by atoms with Gasteiger partial charge in [-0.15, -0.1) is 5.10 Å². The number of nitrogens with one attached hydrogen (secondary N) is 3. The molecule has 3 aliphatic heterocycles. The zero-order valence-electron chi connectivity index (χ0n) is 16.3. The summed E-state index contributed by atoms with van der Waals surface area (Å²) in [7, 11) is 1.44. The van der Waals surface area contributed by atoms with E-state index in [1.165, 1.54) is 22.8 Å². The number of nitrogens with zero attached hydrogens (tertiary/aromatic N) is 4. The number of aromatic nitrogens is 2. The molecule has 3 unspecified atom stereocenters. The lowest BCUT2D eigenvalue weighted by molar-refractivity contribution is -0.151. The molecule has 2 bridgehead atoms. The summed E-state index contributed by atoms with van der Waals surface area (Å²) in [4.78, 5) is 15.1. The van der Waals surface area contributed by atoms with E-state index in [9.17, 15) is 18.0 Å². The van der Waals surface area contributed by atoms with Crippen molar-refractivity contribution in [1.29, 1.82) is 0 Å². The van der Waals surface area contributed by atoms with Gasteiger partial charge >= 0.3 is 6.18 Å². The van der Waals surface area contributed by atoms with Crippen LogP contribution in [-0.2, 0) is 0 Å². The standard InChI is InChI=1S/C19H22F3N7O/c1-27-10-14(17(26-27)19(20,21)22)24-18(30)15-6-4-11-5-7-16(25-29(11)15)28-12-2-3-13(28)9-23-8-12/h4-7,10,12-13,17,23,26H,2-3,8-9H2,1H3,(H,24,30). The molecule has 0 aromatic carbocycles. The number of amides is 1. The number of carbonyl (C=O) groups is 1. The van der Waals surface area contributed by atoms with Crippen molar-refractivity contribution in [3.8, 4) is 0 Å². The first-order valence-corrected chi connectivity index (χ1v) is 9.88. The lowest BCUT2D eigenvalue weighted by Crippen LogP contribution is -2.52. The van der Waals surface area contributed by atoms with Crippen molar-refractivity contribution in [2.75, 3.05) is 25.0 Å². The smallest absolute Gasteiger partial charge is 0.347 e. The lowest BCUT2D eigenvalue weighted by atomic mass is 10.2. The number of hydrogen-bond donors (Lipinski definition) is 3. The van der Waals surface area contributed by atoms with E-state index in [1.54, 1.807) is 12.1 Å². The van der Waals surface area contributed by atoms with Crippen molar-refractivity contribution in [2.24, 2.45) is 0 Å². The maximum Gasteiger partial charge on any atom is 0.411 e. The maximum atomic E-state index is 13.3. The monoisotopic (exact) mass is 421 g/mol. The van der Waals surface area contributed by atoms with Crippen molar-refractivity contribution in [3.05, 3.63) is 41.9 Å². The number of hydrogen-bond acceptors (Lipinski definition) is 6. The van der Waals surface area contributed by atoms with Gasteiger partial charge in [-0.1, -0.05) is 0 Å². The van der Waals surface area contributed by atoms with Crippen LogP contribution in [0.4, 0.5) is 19.0 Å². The molecule has 2 saturated heterocycles. The highest BCUT2D eigenvalue weighted by Gasteiger charge is 2.46. The number of halogens is 3. The van der Waals surface area contributed by atoms with Crippen LogP contribution in [0.5, 0.6) is 0 Å². The predicted octanol–water partition coefficient (Wildman–Crippen LogP) is 1.23. The summed E-state index contributed by atoms with van der Waals surface area (Å²) in [5.41, 5.74) is 2.91. The number of fused-ring (bicyclic) bond motifs is 3. The highest BCUT2D eigenvalue weighted by Crippen LogP contribution is 2.31. The Bertz CT molecular complexity index is 1000. The van der Waals surface area contributed by atoms with Gasteiger partial charge in [0.2, 0.25) is 0 Å². The average Bonchev–Trinajstić information content (AvgIpc) is 3.34. The molecule has 11 heteroatoms. The second kappa shape index (κ2) is 6.88. The van der Waals surface area contributed by atoms with E-state index in [1.807, 2.05) is 12.1 Å². The summed E-state index contributed by atoms with van der Waals surface area (Å²) in [5, 5.41) is 11.7. The van der Waals surface area contributed by atoms with E-state index in [4.69, 9.17) is 0 Å². The van der Waals surface area contributed by atoms with Gasteiger partial charge in [-0.05, 0) is 37.1 Å². The van der Waals surface area contributed by atoms with Gasteiger partial charge < -0.3 is 20.5 Å². The fourth-order valence-electron chi connectivity index (χ4n) is 4.58. The van der Waals surface area contributed by atoms with Crippen LogP contribution in [0.3, 0.4) is 0 Å². The van der Waals surface area contributed by atoms with Gasteiger partial charge in [0.15, 0.2) is 6.04 Å². The van der Waals surface area contributed by atoms with Crippen molar-refractivity contribution in [3.63, 3.8) is 0 Å². The Morgan fingerprint density at radius 1 is 1.17 bits per heavy atom. The number of hydrazine groups is 1. The Kier molecular flexibility index (Phi) is 4.40. The molecule has 160 valence electrons. The fourth-order valence-corrected chi connectivity index (χ4v) is 4.58. The van der Waals surface area contributed by atoms with E-state index < -0.39 is 18.1 Å². The molecule has 5 heterocycles. The highest BCUT2D eigenvalue weighted by atomic mass is 19.4. The summed E-state index contributed by atoms with van der Waals surface area (Å²) in [6.07, 6.45) is -1.13. The third-order valence-electron chi connectivity index (χ3n) is 5.93. The third kappa shape index (κ3) is 3.18. The Balaban J connectivity index is 1.43. The molecule has 8 nitrogen and oxygen atoms in total. The third-order valence-corrected chi connectivity index (χ3v) is 5.93.